The predicted octanol–water partition coefficient (Wildman–Crippen LogP) is 4.47. The van der Waals surface area contributed by atoms with Crippen LogP contribution in [-0.2, 0) is 14.8 Å². The minimum atomic E-state index is -3.52. The highest BCUT2D eigenvalue weighted by atomic mass is 32.2. The molecule has 6 heteroatoms. The van der Waals surface area contributed by atoms with E-state index in [0.717, 1.165) is 22.4 Å². The topological polar surface area (TPSA) is 66.5 Å². The summed E-state index contributed by atoms with van der Waals surface area (Å²) >= 11 is 0. The second kappa shape index (κ2) is 8.67. The molecule has 3 rings (SSSR count). The third-order valence-corrected chi connectivity index (χ3v) is 7.56. The fourth-order valence-electron chi connectivity index (χ4n) is 3.72. The van der Waals surface area contributed by atoms with Crippen molar-refractivity contribution in [3.8, 4) is 0 Å². The third kappa shape index (κ3) is 4.87. The lowest BCUT2D eigenvalue weighted by Crippen LogP contribution is -2.41. The minimum Gasteiger partial charge on any atom is -0.326 e. The molecule has 1 amide bonds. The number of nitrogens with one attached hydrogen (secondary N) is 1. The maximum Gasteiger partial charge on any atom is 0.243 e. The van der Waals surface area contributed by atoms with Crippen molar-refractivity contribution in [2.75, 3.05) is 18.4 Å². The Balaban J connectivity index is 1.62. The van der Waals surface area contributed by atoms with E-state index in [-0.39, 0.29) is 11.8 Å². The SMILES string of the molecule is Cc1ccc(NC(=O)C2CCN(S(=O)(=O)c3ccc(C(C)C)cc3)CC2)c(C)c1. The maximum atomic E-state index is 12.9. The highest BCUT2D eigenvalue weighted by Gasteiger charge is 2.32. The van der Waals surface area contributed by atoms with Crippen LogP contribution in [0.1, 0.15) is 49.3 Å². The fourth-order valence-corrected chi connectivity index (χ4v) is 5.19. The zero-order valence-electron chi connectivity index (χ0n) is 17.6. The van der Waals surface area contributed by atoms with Crippen molar-refractivity contribution in [3.05, 3.63) is 59.2 Å². The number of anilines is 1. The van der Waals surface area contributed by atoms with Crippen LogP contribution in [0.4, 0.5) is 5.69 Å². The Kier molecular flexibility index (Phi) is 6.44. The van der Waals surface area contributed by atoms with Gasteiger partial charge in [-0.25, -0.2) is 8.42 Å². The molecule has 1 N–H and O–H groups in total. The van der Waals surface area contributed by atoms with E-state index in [9.17, 15) is 13.2 Å². The summed E-state index contributed by atoms with van der Waals surface area (Å²) in [4.78, 5) is 13.0. The molecule has 0 aliphatic carbocycles. The second-order valence-electron chi connectivity index (χ2n) is 8.21. The van der Waals surface area contributed by atoms with E-state index in [1.54, 1.807) is 12.1 Å². The lowest BCUT2D eigenvalue weighted by atomic mass is 9.97. The van der Waals surface area contributed by atoms with Crippen molar-refractivity contribution in [2.45, 2.75) is 51.3 Å². The van der Waals surface area contributed by atoms with E-state index in [4.69, 9.17) is 0 Å². The summed E-state index contributed by atoms with van der Waals surface area (Å²) in [7, 11) is -3.52. The molecule has 0 bridgehead atoms. The molecule has 2 aromatic rings. The first-order valence-electron chi connectivity index (χ1n) is 10.2. The molecule has 1 aliphatic rings. The molecule has 1 aliphatic heterocycles. The van der Waals surface area contributed by atoms with Gasteiger partial charge in [0.2, 0.25) is 15.9 Å². The molecule has 29 heavy (non-hydrogen) atoms. The van der Waals surface area contributed by atoms with Crippen LogP contribution in [0.2, 0.25) is 0 Å². The van der Waals surface area contributed by atoms with Gasteiger partial charge in [0.1, 0.15) is 0 Å². The first kappa shape index (κ1) is 21.5. The first-order chi connectivity index (χ1) is 13.7. The number of rotatable bonds is 5. The predicted molar refractivity (Wildman–Crippen MR) is 117 cm³/mol. The van der Waals surface area contributed by atoms with E-state index < -0.39 is 10.0 Å². The number of carbonyl (C=O) groups excluding carboxylic acids is 1. The van der Waals surface area contributed by atoms with Crippen LogP contribution in [0.3, 0.4) is 0 Å². The molecule has 0 spiro atoms. The standard InChI is InChI=1S/C23H30N2O3S/c1-16(2)19-6-8-21(9-7-19)29(27,28)25-13-11-20(12-14-25)23(26)24-22-10-5-17(3)15-18(22)4/h5-10,15-16,20H,11-14H2,1-4H3,(H,24,26). The van der Waals surface area contributed by atoms with Crippen LogP contribution >= 0.6 is 0 Å². The molecule has 0 radical (unpaired) electrons. The second-order valence-corrected chi connectivity index (χ2v) is 10.1. The molecular formula is C23H30N2O3S. The molecule has 156 valence electrons. The van der Waals surface area contributed by atoms with Crippen molar-refractivity contribution in [1.29, 1.82) is 0 Å². The Hall–Kier alpha value is -2.18. The van der Waals surface area contributed by atoms with Gasteiger partial charge in [0.05, 0.1) is 4.90 Å². The zero-order chi connectivity index (χ0) is 21.2. The lowest BCUT2D eigenvalue weighted by molar-refractivity contribution is -0.120. The van der Waals surface area contributed by atoms with E-state index in [1.807, 2.05) is 44.2 Å². The largest absolute Gasteiger partial charge is 0.326 e. The summed E-state index contributed by atoms with van der Waals surface area (Å²) in [6, 6.07) is 13.1. The van der Waals surface area contributed by atoms with Crippen LogP contribution in [-0.4, -0.2) is 31.7 Å². The summed E-state index contributed by atoms with van der Waals surface area (Å²) in [5, 5.41) is 3.00. The van der Waals surface area contributed by atoms with Crippen molar-refractivity contribution in [3.63, 3.8) is 0 Å². The van der Waals surface area contributed by atoms with E-state index in [2.05, 4.69) is 19.2 Å². The van der Waals surface area contributed by atoms with Gasteiger partial charge in [0, 0.05) is 24.7 Å². The Labute approximate surface area is 174 Å². The Morgan fingerprint density at radius 1 is 1.03 bits per heavy atom. The molecule has 0 unspecified atom stereocenters. The van der Waals surface area contributed by atoms with Gasteiger partial charge in [0.25, 0.3) is 0 Å². The molecular weight excluding hydrogens is 384 g/mol. The summed E-state index contributed by atoms with van der Waals surface area (Å²) < 4.78 is 27.4. The average Bonchev–Trinajstić information content (AvgIpc) is 2.70. The number of sulfonamides is 1. The molecule has 2 aromatic carbocycles. The zero-order valence-corrected chi connectivity index (χ0v) is 18.4. The van der Waals surface area contributed by atoms with Gasteiger partial charge in [-0.05, 0) is 61.9 Å². The van der Waals surface area contributed by atoms with Gasteiger partial charge < -0.3 is 5.32 Å². The van der Waals surface area contributed by atoms with E-state index in [1.165, 1.54) is 4.31 Å². The van der Waals surface area contributed by atoms with Crippen molar-refractivity contribution >= 4 is 21.6 Å². The van der Waals surface area contributed by atoms with Crippen molar-refractivity contribution < 1.29 is 13.2 Å². The quantitative estimate of drug-likeness (QED) is 0.785. The van der Waals surface area contributed by atoms with Crippen LogP contribution in [0.15, 0.2) is 47.4 Å². The van der Waals surface area contributed by atoms with Crippen LogP contribution in [0.25, 0.3) is 0 Å². The Morgan fingerprint density at radius 3 is 2.21 bits per heavy atom. The molecule has 1 heterocycles. The molecule has 1 saturated heterocycles. The van der Waals surface area contributed by atoms with Gasteiger partial charge in [-0.1, -0.05) is 43.7 Å². The number of piperidine rings is 1. The first-order valence-corrected chi connectivity index (χ1v) is 11.6. The van der Waals surface area contributed by atoms with E-state index >= 15 is 0 Å². The number of benzene rings is 2. The molecule has 0 saturated carbocycles. The third-order valence-electron chi connectivity index (χ3n) is 5.65. The van der Waals surface area contributed by atoms with Crippen LogP contribution in [0, 0.1) is 19.8 Å². The van der Waals surface area contributed by atoms with E-state index in [0.29, 0.717) is 36.7 Å². The van der Waals surface area contributed by atoms with Gasteiger partial charge in [-0.2, -0.15) is 4.31 Å². The number of hydrogen-bond acceptors (Lipinski definition) is 3. The summed E-state index contributed by atoms with van der Waals surface area (Å²) in [6.07, 6.45) is 1.06. The van der Waals surface area contributed by atoms with Gasteiger partial charge in [-0.15, -0.1) is 0 Å². The fraction of sp³-hybridized carbons (Fsp3) is 0.435. The van der Waals surface area contributed by atoms with Crippen LogP contribution < -0.4 is 5.32 Å². The Morgan fingerprint density at radius 2 is 1.66 bits per heavy atom. The molecule has 5 nitrogen and oxygen atoms in total. The number of amides is 1. The van der Waals surface area contributed by atoms with Gasteiger partial charge in [0.15, 0.2) is 0 Å². The van der Waals surface area contributed by atoms with Crippen LogP contribution in [0.5, 0.6) is 0 Å². The summed E-state index contributed by atoms with van der Waals surface area (Å²) in [5.41, 5.74) is 4.12. The number of hydrogen-bond donors (Lipinski definition) is 1. The summed E-state index contributed by atoms with van der Waals surface area (Å²) in [6.45, 7) is 8.88. The maximum absolute atomic E-state index is 12.9. The van der Waals surface area contributed by atoms with Gasteiger partial charge >= 0.3 is 0 Å². The number of carbonyl (C=O) groups is 1. The summed E-state index contributed by atoms with van der Waals surface area (Å²) in [5.74, 6) is 0.152. The normalized spacial score (nSPS) is 16.2. The average molecular weight is 415 g/mol. The number of nitrogens with zero attached hydrogens (tertiary/aromatic N) is 1. The van der Waals surface area contributed by atoms with Gasteiger partial charge in [-0.3, -0.25) is 4.79 Å². The molecule has 0 atom stereocenters. The molecule has 1 fully saturated rings. The smallest absolute Gasteiger partial charge is 0.243 e. The molecule has 0 aromatic heterocycles. The highest BCUT2D eigenvalue weighted by Crippen LogP contribution is 2.26. The minimum absolute atomic E-state index is 0.0321. The van der Waals surface area contributed by atoms with Crippen molar-refractivity contribution in [2.24, 2.45) is 5.92 Å². The monoisotopic (exact) mass is 414 g/mol. The lowest BCUT2D eigenvalue weighted by Gasteiger charge is -2.30. The Bertz CT molecular complexity index is 974. The van der Waals surface area contributed by atoms with Crippen molar-refractivity contribution in [1.82, 2.24) is 4.31 Å². The number of aryl methyl sites for hydroxylation is 2. The highest BCUT2D eigenvalue weighted by molar-refractivity contribution is 7.89.